The largest absolute Gasteiger partial charge is 0.390 e. The highest BCUT2D eigenvalue weighted by atomic mass is 16.3. The third-order valence-corrected chi connectivity index (χ3v) is 8.71. The molecule has 2 bridgehead atoms. The fraction of sp³-hybridized carbons (Fsp3) is 0.900. The lowest BCUT2D eigenvalue weighted by atomic mass is 9.40. The molecule has 0 aromatic carbocycles. The van der Waals surface area contributed by atoms with Crippen LogP contribution in [0, 0.1) is 34.0 Å². The second kappa shape index (κ2) is 4.62. The fourth-order valence-corrected chi connectivity index (χ4v) is 7.73. The SMILES string of the molecule is C=C1[C@H]2CC[C@@H]3[C@]4(C)C[C@H](O)[C@@H](O)C(C)(C)[C@H]4CC[C@@]3(C2)[C@H]1O. The first-order chi connectivity index (χ1) is 10.6. The molecule has 1 spiro atoms. The zero-order valence-corrected chi connectivity index (χ0v) is 14.8. The van der Waals surface area contributed by atoms with Crippen LogP contribution in [0.5, 0.6) is 0 Å². The van der Waals surface area contributed by atoms with Crippen LogP contribution in [0.2, 0.25) is 0 Å². The molecule has 3 N–H and O–H groups in total. The molecular weight excluding hydrogens is 288 g/mol. The van der Waals surface area contributed by atoms with Gasteiger partial charge in [0.1, 0.15) is 0 Å². The molecule has 4 fully saturated rings. The third-order valence-electron chi connectivity index (χ3n) is 8.71. The highest BCUT2D eigenvalue weighted by Gasteiger charge is 2.68. The van der Waals surface area contributed by atoms with Crippen LogP contribution >= 0.6 is 0 Å². The minimum Gasteiger partial charge on any atom is -0.390 e. The summed E-state index contributed by atoms with van der Waals surface area (Å²) in [6, 6.07) is 0. The van der Waals surface area contributed by atoms with Crippen molar-refractivity contribution in [2.75, 3.05) is 0 Å². The zero-order chi connectivity index (χ0) is 16.8. The summed E-state index contributed by atoms with van der Waals surface area (Å²) in [7, 11) is 0. The molecule has 8 atom stereocenters. The smallest absolute Gasteiger partial charge is 0.0852 e. The summed E-state index contributed by atoms with van der Waals surface area (Å²) < 4.78 is 0. The number of hydrogen-bond donors (Lipinski definition) is 3. The minimum atomic E-state index is -0.652. The molecule has 23 heavy (non-hydrogen) atoms. The van der Waals surface area contributed by atoms with E-state index >= 15 is 0 Å². The van der Waals surface area contributed by atoms with E-state index in [1.807, 2.05) is 0 Å². The van der Waals surface area contributed by atoms with E-state index in [0.717, 1.165) is 37.7 Å². The molecule has 4 rings (SSSR count). The molecule has 0 radical (unpaired) electrons. The molecule has 4 aliphatic rings. The van der Waals surface area contributed by atoms with E-state index in [2.05, 4.69) is 27.4 Å². The number of hydrogen-bond acceptors (Lipinski definition) is 3. The third kappa shape index (κ3) is 1.77. The lowest BCUT2D eigenvalue weighted by Crippen LogP contribution is -2.64. The standard InChI is InChI=1S/C20H32O3/c1-11-12-5-6-15-19(4)10-13(21)17(23)18(2,3)14(19)7-8-20(15,9-12)16(11)22/h12-17,21-23H,1,5-10H2,2-4H3/t12-,13-,14+,15+,16-,17+,19+,20-/m0/s1. The Balaban J connectivity index is 1.79. The van der Waals surface area contributed by atoms with Crippen LogP contribution in [0.4, 0.5) is 0 Å². The molecular formula is C20H32O3. The maximum absolute atomic E-state index is 11.0. The van der Waals surface area contributed by atoms with E-state index in [9.17, 15) is 15.3 Å². The highest BCUT2D eigenvalue weighted by Crippen LogP contribution is 2.71. The fourth-order valence-electron chi connectivity index (χ4n) is 7.73. The van der Waals surface area contributed by atoms with Crippen molar-refractivity contribution in [3.05, 3.63) is 12.2 Å². The first-order valence-corrected chi connectivity index (χ1v) is 9.37. The molecule has 3 nitrogen and oxygen atoms in total. The van der Waals surface area contributed by atoms with Crippen molar-refractivity contribution < 1.29 is 15.3 Å². The molecule has 0 saturated heterocycles. The summed E-state index contributed by atoms with van der Waals surface area (Å²) in [5, 5.41) is 32.1. The summed E-state index contributed by atoms with van der Waals surface area (Å²) in [5.74, 6) is 1.33. The van der Waals surface area contributed by atoms with Gasteiger partial charge in [-0.25, -0.2) is 0 Å². The molecule has 130 valence electrons. The zero-order valence-electron chi connectivity index (χ0n) is 14.8. The Hall–Kier alpha value is -0.380. The van der Waals surface area contributed by atoms with Gasteiger partial charge in [0.2, 0.25) is 0 Å². The Morgan fingerprint density at radius 3 is 2.35 bits per heavy atom. The average Bonchev–Trinajstić information content (AvgIpc) is 2.66. The molecule has 0 unspecified atom stereocenters. The first-order valence-electron chi connectivity index (χ1n) is 9.37. The maximum Gasteiger partial charge on any atom is 0.0852 e. The summed E-state index contributed by atoms with van der Waals surface area (Å²) >= 11 is 0. The second-order valence-corrected chi connectivity index (χ2v) is 9.88. The van der Waals surface area contributed by atoms with Crippen molar-refractivity contribution in [1.29, 1.82) is 0 Å². The molecule has 3 heteroatoms. The van der Waals surface area contributed by atoms with Gasteiger partial charge in [-0.1, -0.05) is 27.4 Å². The van der Waals surface area contributed by atoms with Crippen molar-refractivity contribution in [2.24, 2.45) is 34.0 Å². The predicted molar refractivity (Wildman–Crippen MR) is 89.7 cm³/mol. The summed E-state index contributed by atoms with van der Waals surface area (Å²) in [5.41, 5.74) is 0.761. The predicted octanol–water partition coefficient (Wildman–Crippen LogP) is 2.89. The number of rotatable bonds is 0. The van der Waals surface area contributed by atoms with Crippen molar-refractivity contribution in [1.82, 2.24) is 0 Å². The molecule has 4 saturated carbocycles. The van der Waals surface area contributed by atoms with Crippen molar-refractivity contribution >= 4 is 0 Å². The average molecular weight is 320 g/mol. The van der Waals surface area contributed by atoms with Gasteiger partial charge in [0, 0.05) is 5.41 Å². The van der Waals surface area contributed by atoms with Gasteiger partial charge in [-0.15, -0.1) is 0 Å². The van der Waals surface area contributed by atoms with Crippen molar-refractivity contribution in [3.8, 4) is 0 Å². The molecule has 4 aliphatic carbocycles. The van der Waals surface area contributed by atoms with Crippen LogP contribution in [-0.2, 0) is 0 Å². The molecule has 0 aromatic heterocycles. The van der Waals surface area contributed by atoms with E-state index in [4.69, 9.17) is 0 Å². The summed E-state index contributed by atoms with van der Waals surface area (Å²) in [6.07, 6.45) is 4.43. The van der Waals surface area contributed by atoms with E-state index in [0.29, 0.717) is 24.2 Å². The summed E-state index contributed by atoms with van der Waals surface area (Å²) in [6.45, 7) is 10.8. The summed E-state index contributed by atoms with van der Waals surface area (Å²) in [4.78, 5) is 0. The van der Waals surface area contributed by atoms with Crippen molar-refractivity contribution in [2.45, 2.75) is 77.6 Å². The number of fused-ring (bicyclic) bond motifs is 3. The quantitative estimate of drug-likeness (QED) is 0.602. The van der Waals surface area contributed by atoms with Gasteiger partial charge >= 0.3 is 0 Å². The number of aliphatic hydroxyl groups excluding tert-OH is 3. The number of aliphatic hydroxyl groups is 3. The van der Waals surface area contributed by atoms with Gasteiger partial charge < -0.3 is 15.3 Å². The van der Waals surface area contributed by atoms with Crippen LogP contribution < -0.4 is 0 Å². The molecule has 0 aromatic rings. The molecule has 0 heterocycles. The Kier molecular flexibility index (Phi) is 3.23. The van der Waals surface area contributed by atoms with E-state index in [-0.39, 0.29) is 22.3 Å². The normalized spacial score (nSPS) is 57.7. The van der Waals surface area contributed by atoms with Gasteiger partial charge in [-0.3, -0.25) is 0 Å². The van der Waals surface area contributed by atoms with Gasteiger partial charge in [-0.05, 0) is 72.7 Å². The lowest BCUT2D eigenvalue weighted by molar-refractivity contribution is -0.226. The van der Waals surface area contributed by atoms with E-state index in [1.54, 1.807) is 0 Å². The van der Waals surface area contributed by atoms with Gasteiger partial charge in [0.15, 0.2) is 0 Å². The van der Waals surface area contributed by atoms with Crippen LogP contribution in [0.15, 0.2) is 12.2 Å². The highest BCUT2D eigenvalue weighted by molar-refractivity contribution is 5.27. The van der Waals surface area contributed by atoms with Crippen LogP contribution in [-0.4, -0.2) is 33.6 Å². The Labute approximate surface area is 139 Å². The Morgan fingerprint density at radius 1 is 0.957 bits per heavy atom. The Bertz CT molecular complexity index is 541. The van der Waals surface area contributed by atoms with Gasteiger partial charge in [0.05, 0.1) is 18.3 Å². The molecule has 0 aliphatic heterocycles. The van der Waals surface area contributed by atoms with Crippen LogP contribution in [0.1, 0.15) is 59.3 Å². The first kappa shape index (κ1) is 16.1. The van der Waals surface area contributed by atoms with Crippen molar-refractivity contribution in [3.63, 3.8) is 0 Å². The van der Waals surface area contributed by atoms with Crippen LogP contribution in [0.25, 0.3) is 0 Å². The molecule has 0 amide bonds. The van der Waals surface area contributed by atoms with Gasteiger partial charge in [-0.2, -0.15) is 0 Å². The maximum atomic E-state index is 11.0. The monoisotopic (exact) mass is 320 g/mol. The van der Waals surface area contributed by atoms with E-state index < -0.39 is 12.2 Å². The Morgan fingerprint density at radius 2 is 1.65 bits per heavy atom. The minimum absolute atomic E-state index is 0.00301. The topological polar surface area (TPSA) is 60.7 Å². The lowest BCUT2D eigenvalue weighted by Gasteiger charge is -2.65. The second-order valence-electron chi connectivity index (χ2n) is 9.88. The van der Waals surface area contributed by atoms with E-state index in [1.165, 1.54) is 0 Å². The van der Waals surface area contributed by atoms with Crippen LogP contribution in [0.3, 0.4) is 0 Å². The van der Waals surface area contributed by atoms with Gasteiger partial charge in [0.25, 0.3) is 0 Å².